The summed E-state index contributed by atoms with van der Waals surface area (Å²) in [7, 11) is -2.16. The molecule has 0 aromatic heterocycles. The number of nitrogens with one attached hydrogen (secondary N) is 1. The minimum atomic E-state index is -3.88. The van der Waals surface area contributed by atoms with Crippen molar-refractivity contribution in [1.29, 1.82) is 0 Å². The number of carbonyl (C=O) groups excluding carboxylic acids is 1. The van der Waals surface area contributed by atoms with Crippen molar-refractivity contribution in [3.05, 3.63) is 29.8 Å². The van der Waals surface area contributed by atoms with Crippen LogP contribution in [0.4, 0.5) is 4.79 Å². The van der Waals surface area contributed by atoms with Gasteiger partial charge in [-0.3, -0.25) is 0 Å². The second-order valence-electron chi connectivity index (χ2n) is 9.49. The molecule has 1 aromatic rings. The van der Waals surface area contributed by atoms with Crippen molar-refractivity contribution < 1.29 is 23.1 Å². The fourth-order valence-corrected chi connectivity index (χ4v) is 6.29. The van der Waals surface area contributed by atoms with E-state index < -0.39 is 22.2 Å². The number of likely N-dealkylation sites (N-methyl/N-ethyl adjacent to an activating group) is 1. The van der Waals surface area contributed by atoms with Crippen LogP contribution in [-0.4, -0.2) is 74.2 Å². The number of benzene rings is 1. The normalized spacial score (nSPS) is 23.5. The minimum absolute atomic E-state index is 0.1000. The lowest BCUT2D eigenvalue weighted by atomic mass is 9.93. The third-order valence-electron chi connectivity index (χ3n) is 6.66. The van der Waals surface area contributed by atoms with E-state index in [-0.39, 0.29) is 30.0 Å². The molecule has 1 aliphatic heterocycles. The number of fused-ring (bicyclic) bond motifs is 1. The smallest absolute Gasteiger partial charge is 0.317 e. The first-order valence-electron chi connectivity index (χ1n) is 12.3. The van der Waals surface area contributed by atoms with Crippen molar-refractivity contribution in [2.24, 2.45) is 5.92 Å². The Labute approximate surface area is 204 Å². The molecule has 2 aliphatic rings. The van der Waals surface area contributed by atoms with Gasteiger partial charge in [-0.1, -0.05) is 26.0 Å². The van der Waals surface area contributed by atoms with Crippen LogP contribution < -0.4 is 10.1 Å². The first-order valence-corrected chi connectivity index (χ1v) is 13.7. The highest BCUT2D eigenvalue weighted by Crippen LogP contribution is 2.37. The zero-order valence-electron chi connectivity index (χ0n) is 20.8. The van der Waals surface area contributed by atoms with Gasteiger partial charge in [-0.2, -0.15) is 4.31 Å². The molecule has 9 heteroatoms. The molecule has 0 saturated carbocycles. The summed E-state index contributed by atoms with van der Waals surface area (Å²) in [6.45, 7) is 6.42. The van der Waals surface area contributed by atoms with Crippen LogP contribution in [0.5, 0.6) is 5.75 Å². The van der Waals surface area contributed by atoms with Crippen LogP contribution in [-0.2, 0) is 10.0 Å². The van der Waals surface area contributed by atoms with Crippen molar-refractivity contribution in [3.63, 3.8) is 0 Å². The quantitative estimate of drug-likeness (QED) is 0.606. The number of nitrogens with zero attached hydrogens (tertiary/aromatic N) is 2. The first-order chi connectivity index (χ1) is 16.2. The molecule has 0 radical (unpaired) electrons. The highest BCUT2D eigenvalue weighted by Gasteiger charge is 2.38. The molecule has 1 aliphatic carbocycles. The molecule has 2 N–H and O–H groups in total. The minimum Gasteiger partial charge on any atom is -0.487 e. The molecule has 0 bridgehead atoms. The maximum Gasteiger partial charge on any atom is 0.317 e. The number of urea groups is 1. The highest BCUT2D eigenvalue weighted by atomic mass is 32.2. The number of allylic oxidation sites excluding steroid dienone is 2. The second-order valence-corrected chi connectivity index (χ2v) is 11.3. The zero-order chi connectivity index (χ0) is 24.9. The van der Waals surface area contributed by atoms with E-state index in [0.717, 1.165) is 31.2 Å². The SMILES string of the molecule is CCCNC(=O)N(C)C[C@H]1Oc2cc(C3=CCCCC3)ccc2S(=O)(=O)N([C@@H](C)CO)C[C@@H]1C. The lowest BCUT2D eigenvalue weighted by Gasteiger charge is -2.37. The van der Waals surface area contributed by atoms with Gasteiger partial charge in [0.1, 0.15) is 16.7 Å². The van der Waals surface area contributed by atoms with E-state index in [1.807, 2.05) is 26.0 Å². The number of hydrogen-bond acceptors (Lipinski definition) is 5. The number of aliphatic hydroxyl groups is 1. The van der Waals surface area contributed by atoms with Gasteiger partial charge < -0.3 is 20.1 Å². The Hall–Kier alpha value is -2.10. The van der Waals surface area contributed by atoms with E-state index in [4.69, 9.17) is 4.74 Å². The molecule has 3 rings (SSSR count). The molecule has 34 heavy (non-hydrogen) atoms. The van der Waals surface area contributed by atoms with Gasteiger partial charge >= 0.3 is 6.03 Å². The Kier molecular flexibility index (Phi) is 9.01. The number of carbonyl (C=O) groups is 1. The van der Waals surface area contributed by atoms with Gasteiger partial charge in [-0.15, -0.1) is 0 Å². The average molecular weight is 494 g/mol. The van der Waals surface area contributed by atoms with E-state index in [0.29, 0.717) is 18.8 Å². The molecular weight excluding hydrogens is 454 g/mol. The van der Waals surface area contributed by atoms with Crippen LogP contribution >= 0.6 is 0 Å². The number of hydrogen-bond donors (Lipinski definition) is 2. The van der Waals surface area contributed by atoms with Crippen molar-refractivity contribution in [2.75, 3.05) is 33.3 Å². The van der Waals surface area contributed by atoms with Gasteiger partial charge in [0.05, 0.1) is 13.2 Å². The molecule has 1 heterocycles. The van der Waals surface area contributed by atoms with Crippen LogP contribution in [0.15, 0.2) is 29.2 Å². The van der Waals surface area contributed by atoms with Gasteiger partial charge in [-0.25, -0.2) is 13.2 Å². The maximum absolute atomic E-state index is 13.6. The molecule has 3 atom stereocenters. The lowest BCUT2D eigenvalue weighted by molar-refractivity contribution is 0.0812. The summed E-state index contributed by atoms with van der Waals surface area (Å²) in [5, 5.41) is 12.7. The number of ether oxygens (including phenoxy) is 1. The fourth-order valence-electron chi connectivity index (χ4n) is 4.46. The summed E-state index contributed by atoms with van der Waals surface area (Å²) in [6.07, 6.45) is 6.89. The molecule has 190 valence electrons. The second kappa shape index (κ2) is 11.6. The third-order valence-corrected chi connectivity index (χ3v) is 8.68. The number of sulfonamides is 1. The monoisotopic (exact) mass is 493 g/mol. The van der Waals surface area contributed by atoms with Gasteiger partial charge in [0.25, 0.3) is 0 Å². The van der Waals surface area contributed by atoms with E-state index in [9.17, 15) is 18.3 Å². The van der Waals surface area contributed by atoms with Crippen LogP contribution in [0.3, 0.4) is 0 Å². The fraction of sp³-hybridized carbons (Fsp3) is 0.640. The van der Waals surface area contributed by atoms with Gasteiger partial charge in [0.15, 0.2) is 0 Å². The number of amides is 2. The molecular formula is C25H39N3O5S. The number of aliphatic hydroxyl groups excluding tert-OH is 1. The molecule has 1 aromatic carbocycles. The van der Waals surface area contributed by atoms with Crippen LogP contribution in [0.2, 0.25) is 0 Å². The summed E-state index contributed by atoms with van der Waals surface area (Å²) in [5.41, 5.74) is 2.18. The number of rotatable bonds is 7. The average Bonchev–Trinajstić information content (AvgIpc) is 2.84. The van der Waals surface area contributed by atoms with Crippen molar-refractivity contribution in [2.45, 2.75) is 69.9 Å². The Bertz CT molecular complexity index is 994. The Morgan fingerprint density at radius 2 is 2.12 bits per heavy atom. The predicted molar refractivity (Wildman–Crippen MR) is 133 cm³/mol. The Morgan fingerprint density at radius 3 is 2.76 bits per heavy atom. The summed E-state index contributed by atoms with van der Waals surface area (Å²) in [4.78, 5) is 14.2. The van der Waals surface area contributed by atoms with Gasteiger partial charge in [0, 0.05) is 32.1 Å². The third kappa shape index (κ3) is 5.93. The topological polar surface area (TPSA) is 99.2 Å². The summed E-state index contributed by atoms with van der Waals surface area (Å²) in [5.74, 6) is 0.0916. The predicted octanol–water partition coefficient (Wildman–Crippen LogP) is 3.46. The zero-order valence-corrected chi connectivity index (χ0v) is 21.6. The summed E-state index contributed by atoms with van der Waals surface area (Å²) in [6, 6.07) is 4.54. The van der Waals surface area contributed by atoms with Crippen LogP contribution in [0.1, 0.15) is 58.4 Å². The Balaban J connectivity index is 2.01. The van der Waals surface area contributed by atoms with Crippen LogP contribution in [0.25, 0.3) is 5.57 Å². The largest absolute Gasteiger partial charge is 0.487 e. The van der Waals surface area contributed by atoms with E-state index in [1.165, 1.54) is 16.3 Å². The summed E-state index contributed by atoms with van der Waals surface area (Å²) >= 11 is 0. The standard InChI is InChI=1S/C25H39N3O5S/c1-5-13-26-25(30)27(4)16-23-18(2)15-28(19(3)17-29)34(31,32)24-12-11-21(14-22(24)33-23)20-9-7-6-8-10-20/h9,11-12,14,18-19,23,29H,5-8,10,13,15-17H2,1-4H3,(H,26,30)/t18-,19-,23+/m0/s1. The summed E-state index contributed by atoms with van der Waals surface area (Å²) < 4.78 is 35.0. The molecule has 2 amide bonds. The first kappa shape index (κ1) is 26.5. The van der Waals surface area contributed by atoms with Crippen molar-refractivity contribution in [1.82, 2.24) is 14.5 Å². The van der Waals surface area contributed by atoms with E-state index in [1.54, 1.807) is 24.9 Å². The molecule has 0 unspecified atom stereocenters. The molecule has 0 saturated heterocycles. The molecule has 8 nitrogen and oxygen atoms in total. The van der Waals surface area contributed by atoms with Gasteiger partial charge in [-0.05, 0) is 62.3 Å². The van der Waals surface area contributed by atoms with E-state index >= 15 is 0 Å². The Morgan fingerprint density at radius 1 is 1.35 bits per heavy atom. The maximum atomic E-state index is 13.6. The molecule has 0 spiro atoms. The highest BCUT2D eigenvalue weighted by molar-refractivity contribution is 7.89. The van der Waals surface area contributed by atoms with Crippen molar-refractivity contribution >= 4 is 21.6 Å². The van der Waals surface area contributed by atoms with Crippen LogP contribution in [0, 0.1) is 5.92 Å². The van der Waals surface area contributed by atoms with Crippen molar-refractivity contribution in [3.8, 4) is 5.75 Å². The van der Waals surface area contributed by atoms with E-state index in [2.05, 4.69) is 11.4 Å². The molecule has 0 fully saturated rings. The lowest BCUT2D eigenvalue weighted by Crippen LogP contribution is -2.51. The van der Waals surface area contributed by atoms with Gasteiger partial charge in [0.2, 0.25) is 10.0 Å².